The summed E-state index contributed by atoms with van der Waals surface area (Å²) in [5.41, 5.74) is 13.6. The van der Waals surface area contributed by atoms with Crippen LogP contribution < -0.4 is 11.5 Å². The molecule has 122 valence electrons. The lowest BCUT2D eigenvalue weighted by Gasteiger charge is -2.25. The summed E-state index contributed by atoms with van der Waals surface area (Å²) in [5, 5.41) is 0. The Labute approximate surface area is 130 Å². The molecule has 0 bridgehead atoms. The van der Waals surface area contributed by atoms with Crippen molar-refractivity contribution >= 4 is 17.3 Å². The average molecular weight is 308 g/mol. The summed E-state index contributed by atoms with van der Waals surface area (Å²) in [4.78, 5) is 12.3. The summed E-state index contributed by atoms with van der Waals surface area (Å²) < 4.78 is 17.1. The maximum atomic E-state index is 12.3. The molecule has 0 unspecified atom stereocenters. The van der Waals surface area contributed by atoms with Crippen molar-refractivity contribution in [3.05, 3.63) is 23.8 Å². The topological polar surface area (TPSA) is 96.8 Å². The van der Waals surface area contributed by atoms with Gasteiger partial charge in [0.15, 0.2) is 11.9 Å². The fourth-order valence-electron chi connectivity index (χ4n) is 2.73. The lowest BCUT2D eigenvalue weighted by Crippen LogP contribution is -2.32. The zero-order valence-electron chi connectivity index (χ0n) is 13.3. The molecule has 0 spiro atoms. The van der Waals surface area contributed by atoms with Crippen LogP contribution in [0.1, 0.15) is 45.3 Å². The minimum Gasteiger partial charge on any atom is -0.464 e. The first-order valence-electron chi connectivity index (χ1n) is 7.64. The highest BCUT2D eigenvalue weighted by atomic mass is 16.8. The lowest BCUT2D eigenvalue weighted by molar-refractivity contribution is -0.188. The van der Waals surface area contributed by atoms with E-state index < -0.39 is 24.0 Å². The Balaban J connectivity index is 2.43. The van der Waals surface area contributed by atoms with Gasteiger partial charge in [0.2, 0.25) is 0 Å². The van der Waals surface area contributed by atoms with E-state index in [2.05, 4.69) is 0 Å². The van der Waals surface area contributed by atoms with E-state index in [0.29, 0.717) is 29.8 Å². The molecule has 1 aliphatic rings. The molecule has 2 rings (SSSR count). The molecule has 1 aromatic rings. The van der Waals surface area contributed by atoms with Gasteiger partial charge in [0, 0.05) is 16.9 Å². The van der Waals surface area contributed by atoms with E-state index in [4.69, 9.17) is 25.7 Å². The molecule has 0 amide bonds. The number of carbonyl (C=O) groups excluding carboxylic acids is 1. The van der Waals surface area contributed by atoms with Gasteiger partial charge in [0.05, 0.1) is 6.61 Å². The number of carbonyl (C=O) groups is 1. The molecule has 1 heterocycles. The second-order valence-electron chi connectivity index (χ2n) is 5.30. The fourth-order valence-corrected chi connectivity index (χ4v) is 2.73. The lowest BCUT2D eigenvalue weighted by atomic mass is 10.0. The standard InChI is InChI=1S/C16H24N2O4/c1-4-16(5-2)21-13(14(22-16)15(19)20-6-3)12-10(17)8-7-9-11(12)18/h7-9,13-14H,4-6,17-18H2,1-3H3/t13-,14+/m0/s1. The molecule has 1 aromatic carbocycles. The van der Waals surface area contributed by atoms with Crippen molar-refractivity contribution < 1.29 is 19.0 Å². The molecule has 1 aliphatic heterocycles. The van der Waals surface area contributed by atoms with Crippen LogP contribution in [0.3, 0.4) is 0 Å². The molecule has 0 saturated carbocycles. The molecular weight excluding hydrogens is 284 g/mol. The summed E-state index contributed by atoms with van der Waals surface area (Å²) in [7, 11) is 0. The van der Waals surface area contributed by atoms with Crippen molar-refractivity contribution in [1.29, 1.82) is 0 Å². The minimum absolute atomic E-state index is 0.274. The third kappa shape index (κ3) is 2.89. The highest BCUT2D eigenvalue weighted by molar-refractivity contribution is 5.78. The van der Waals surface area contributed by atoms with Crippen LogP contribution in [0.2, 0.25) is 0 Å². The van der Waals surface area contributed by atoms with Crippen molar-refractivity contribution in [3.8, 4) is 0 Å². The number of hydrogen-bond acceptors (Lipinski definition) is 6. The van der Waals surface area contributed by atoms with Gasteiger partial charge in [-0.15, -0.1) is 0 Å². The average Bonchev–Trinajstić information content (AvgIpc) is 2.88. The molecule has 6 heteroatoms. The molecule has 4 N–H and O–H groups in total. The van der Waals surface area contributed by atoms with Crippen LogP contribution in [0.5, 0.6) is 0 Å². The zero-order chi connectivity index (χ0) is 16.3. The number of hydrogen-bond donors (Lipinski definition) is 2. The highest BCUT2D eigenvalue weighted by Gasteiger charge is 2.51. The quantitative estimate of drug-likeness (QED) is 0.640. The summed E-state index contributed by atoms with van der Waals surface area (Å²) in [5.74, 6) is -1.28. The molecule has 1 saturated heterocycles. The van der Waals surface area contributed by atoms with Gasteiger partial charge in [-0.3, -0.25) is 0 Å². The number of anilines is 2. The monoisotopic (exact) mass is 308 g/mol. The van der Waals surface area contributed by atoms with Crippen LogP contribution in [-0.2, 0) is 19.0 Å². The summed E-state index contributed by atoms with van der Waals surface area (Å²) in [6.45, 7) is 5.93. The van der Waals surface area contributed by atoms with Gasteiger partial charge in [-0.05, 0) is 31.9 Å². The van der Waals surface area contributed by atoms with Crippen molar-refractivity contribution in [3.63, 3.8) is 0 Å². The zero-order valence-corrected chi connectivity index (χ0v) is 13.3. The summed E-state index contributed by atoms with van der Waals surface area (Å²) in [6.07, 6.45) is -0.308. The molecule has 0 radical (unpaired) electrons. The molecule has 0 aromatic heterocycles. The van der Waals surface area contributed by atoms with Gasteiger partial charge in [0.1, 0.15) is 6.10 Å². The molecule has 1 fully saturated rings. The van der Waals surface area contributed by atoms with E-state index in [1.54, 1.807) is 25.1 Å². The molecule has 0 aliphatic carbocycles. The predicted octanol–water partition coefficient (Wildman–Crippen LogP) is 2.39. The van der Waals surface area contributed by atoms with Gasteiger partial charge in [-0.1, -0.05) is 19.9 Å². The SMILES string of the molecule is CCOC(=O)[C@@H]1OC(CC)(CC)O[C@H]1c1c(N)cccc1N. The highest BCUT2D eigenvalue weighted by Crippen LogP contribution is 2.45. The molecule has 2 atom stereocenters. The maximum absolute atomic E-state index is 12.3. The first kappa shape index (κ1) is 16.6. The Morgan fingerprint density at radius 1 is 1.18 bits per heavy atom. The van der Waals surface area contributed by atoms with Crippen molar-refractivity contribution in [2.75, 3.05) is 18.1 Å². The Morgan fingerprint density at radius 2 is 1.77 bits per heavy atom. The number of nitrogen functional groups attached to an aromatic ring is 2. The Morgan fingerprint density at radius 3 is 2.27 bits per heavy atom. The van der Waals surface area contributed by atoms with Gasteiger partial charge in [0.25, 0.3) is 0 Å². The van der Waals surface area contributed by atoms with E-state index in [1.165, 1.54) is 0 Å². The molecule has 22 heavy (non-hydrogen) atoms. The maximum Gasteiger partial charge on any atom is 0.338 e. The van der Waals surface area contributed by atoms with Gasteiger partial charge in [-0.25, -0.2) is 4.79 Å². The van der Waals surface area contributed by atoms with Gasteiger partial charge in [-0.2, -0.15) is 0 Å². The molecule has 6 nitrogen and oxygen atoms in total. The summed E-state index contributed by atoms with van der Waals surface area (Å²) >= 11 is 0. The predicted molar refractivity (Wildman–Crippen MR) is 83.9 cm³/mol. The second kappa shape index (κ2) is 6.54. The normalized spacial score (nSPS) is 23.4. The minimum atomic E-state index is -0.869. The van der Waals surface area contributed by atoms with E-state index >= 15 is 0 Å². The van der Waals surface area contributed by atoms with Crippen LogP contribution in [-0.4, -0.2) is 24.5 Å². The number of benzene rings is 1. The third-order valence-electron chi connectivity index (χ3n) is 4.01. The van der Waals surface area contributed by atoms with E-state index in [9.17, 15) is 4.79 Å². The van der Waals surface area contributed by atoms with E-state index in [1.807, 2.05) is 13.8 Å². The fraction of sp³-hybridized carbons (Fsp3) is 0.562. The number of ether oxygens (including phenoxy) is 3. The number of nitrogens with two attached hydrogens (primary N) is 2. The van der Waals surface area contributed by atoms with Crippen LogP contribution in [0.15, 0.2) is 18.2 Å². The van der Waals surface area contributed by atoms with Crippen molar-refractivity contribution in [1.82, 2.24) is 0 Å². The van der Waals surface area contributed by atoms with Gasteiger partial charge >= 0.3 is 5.97 Å². The third-order valence-corrected chi connectivity index (χ3v) is 4.01. The second-order valence-corrected chi connectivity index (χ2v) is 5.30. The Kier molecular flexibility index (Phi) is 4.93. The van der Waals surface area contributed by atoms with E-state index in [0.717, 1.165) is 0 Å². The van der Waals surface area contributed by atoms with Crippen LogP contribution >= 0.6 is 0 Å². The van der Waals surface area contributed by atoms with Crippen LogP contribution in [0.25, 0.3) is 0 Å². The first-order valence-corrected chi connectivity index (χ1v) is 7.64. The van der Waals surface area contributed by atoms with Crippen molar-refractivity contribution in [2.45, 2.75) is 51.6 Å². The number of rotatable bonds is 5. The Bertz CT molecular complexity index is 523. The summed E-state index contributed by atoms with van der Waals surface area (Å²) in [6, 6.07) is 5.22. The van der Waals surface area contributed by atoms with Crippen molar-refractivity contribution in [2.24, 2.45) is 0 Å². The molecular formula is C16H24N2O4. The largest absolute Gasteiger partial charge is 0.464 e. The van der Waals surface area contributed by atoms with Gasteiger partial charge < -0.3 is 25.7 Å². The van der Waals surface area contributed by atoms with E-state index in [-0.39, 0.29) is 6.61 Å². The van der Waals surface area contributed by atoms with Crippen LogP contribution in [0, 0.1) is 0 Å². The number of esters is 1. The Hall–Kier alpha value is -1.79. The first-order chi connectivity index (χ1) is 10.5. The smallest absolute Gasteiger partial charge is 0.338 e. The van der Waals surface area contributed by atoms with Crippen LogP contribution in [0.4, 0.5) is 11.4 Å².